The number of rotatable bonds is 10. The van der Waals surface area contributed by atoms with Gasteiger partial charge in [-0.15, -0.1) is 0 Å². The van der Waals surface area contributed by atoms with E-state index >= 15 is 0 Å². The molecule has 0 nitrogen and oxygen atoms in total. The fourth-order valence-corrected chi connectivity index (χ4v) is 2.73. The second-order valence-electron chi connectivity index (χ2n) is 7.88. The summed E-state index contributed by atoms with van der Waals surface area (Å²) < 4.78 is 0. The highest BCUT2D eigenvalue weighted by Crippen LogP contribution is 2.36. The van der Waals surface area contributed by atoms with Crippen molar-refractivity contribution in [1.82, 2.24) is 0 Å². The Hall–Kier alpha value is 0. The lowest BCUT2D eigenvalue weighted by Gasteiger charge is -2.34. The zero-order valence-corrected chi connectivity index (χ0v) is 15.1. The van der Waals surface area contributed by atoms with Crippen molar-refractivity contribution in [3.8, 4) is 0 Å². The zero-order valence-electron chi connectivity index (χ0n) is 15.1. The van der Waals surface area contributed by atoms with E-state index in [2.05, 4.69) is 55.4 Å². The number of hydrogen-bond donors (Lipinski definition) is 0. The van der Waals surface area contributed by atoms with Gasteiger partial charge in [-0.1, -0.05) is 87.5 Å². The van der Waals surface area contributed by atoms with E-state index in [1.54, 1.807) is 0 Å². The Morgan fingerprint density at radius 1 is 0.842 bits per heavy atom. The molecule has 0 aliphatic rings. The lowest BCUT2D eigenvalue weighted by Crippen LogP contribution is -2.24. The average Bonchev–Trinajstić information content (AvgIpc) is 2.37. The predicted molar refractivity (Wildman–Crippen MR) is 89.5 cm³/mol. The maximum Gasteiger partial charge on any atom is -0.0331 e. The van der Waals surface area contributed by atoms with Gasteiger partial charge < -0.3 is 0 Å². The molecule has 0 aliphatic carbocycles. The fraction of sp³-hybridized carbons (Fsp3) is 1.00. The van der Waals surface area contributed by atoms with Crippen molar-refractivity contribution in [1.29, 1.82) is 0 Å². The third-order valence-electron chi connectivity index (χ3n) is 6.00. The van der Waals surface area contributed by atoms with E-state index in [4.69, 9.17) is 0 Å². The molecule has 0 amide bonds. The first kappa shape index (κ1) is 19.0. The molecule has 0 rings (SSSR count). The van der Waals surface area contributed by atoms with E-state index in [1.165, 1.54) is 38.5 Å². The van der Waals surface area contributed by atoms with E-state index in [0.717, 1.165) is 23.7 Å². The molecule has 0 aromatic rings. The molecule has 0 aromatic carbocycles. The zero-order chi connectivity index (χ0) is 15.1. The van der Waals surface area contributed by atoms with Crippen LogP contribution in [0.5, 0.6) is 0 Å². The van der Waals surface area contributed by atoms with Crippen LogP contribution in [0, 0.1) is 29.1 Å². The minimum absolute atomic E-state index is 0.505. The first-order valence-corrected chi connectivity index (χ1v) is 8.74. The maximum atomic E-state index is 2.47. The molecule has 0 saturated carbocycles. The highest BCUT2D eigenvalue weighted by molar-refractivity contribution is 4.77. The first-order chi connectivity index (χ1) is 8.74. The van der Waals surface area contributed by atoms with Gasteiger partial charge in [-0.05, 0) is 35.5 Å². The topological polar surface area (TPSA) is 0 Å². The van der Waals surface area contributed by atoms with Crippen LogP contribution in [0.1, 0.15) is 93.9 Å². The highest BCUT2D eigenvalue weighted by atomic mass is 14.3. The molecule has 0 heterocycles. The summed E-state index contributed by atoms with van der Waals surface area (Å²) >= 11 is 0. The third kappa shape index (κ3) is 7.37. The van der Waals surface area contributed by atoms with Crippen molar-refractivity contribution in [2.75, 3.05) is 0 Å². The van der Waals surface area contributed by atoms with E-state index in [1.807, 2.05) is 0 Å². The van der Waals surface area contributed by atoms with Crippen LogP contribution < -0.4 is 0 Å². The quantitative estimate of drug-likeness (QED) is 0.402. The second-order valence-corrected chi connectivity index (χ2v) is 7.88. The predicted octanol–water partition coefficient (Wildman–Crippen LogP) is 6.94. The van der Waals surface area contributed by atoms with Crippen molar-refractivity contribution in [2.45, 2.75) is 93.9 Å². The summed E-state index contributed by atoms with van der Waals surface area (Å²) in [5.74, 6) is 3.52. The van der Waals surface area contributed by atoms with Gasteiger partial charge in [0.25, 0.3) is 0 Å². The molecular weight excluding hydrogens is 228 g/mol. The van der Waals surface area contributed by atoms with Gasteiger partial charge >= 0.3 is 0 Å². The van der Waals surface area contributed by atoms with Crippen LogP contribution in [-0.4, -0.2) is 0 Å². The second kappa shape index (κ2) is 9.03. The summed E-state index contributed by atoms with van der Waals surface area (Å²) in [5.41, 5.74) is 0.505. The van der Waals surface area contributed by atoms with Gasteiger partial charge in [0.15, 0.2) is 0 Å². The standard InChI is InChI=1S/C19H40/c1-9-15(3)12-11-13-16(4)17(5)14-18(6)19(7,8)10-2/h15-18H,9-14H2,1-8H3. The molecule has 0 N–H and O–H groups in total. The molecule has 0 spiro atoms. The van der Waals surface area contributed by atoms with Gasteiger partial charge in [-0.25, -0.2) is 0 Å². The van der Waals surface area contributed by atoms with E-state index in [9.17, 15) is 0 Å². The van der Waals surface area contributed by atoms with Crippen LogP contribution in [0.15, 0.2) is 0 Å². The Morgan fingerprint density at radius 3 is 1.89 bits per heavy atom. The lowest BCUT2D eigenvalue weighted by atomic mass is 9.72. The molecule has 0 aromatic heterocycles. The lowest BCUT2D eigenvalue weighted by molar-refractivity contribution is 0.165. The summed E-state index contributed by atoms with van der Waals surface area (Å²) in [6.07, 6.45) is 8.29. The van der Waals surface area contributed by atoms with Crippen molar-refractivity contribution in [3.05, 3.63) is 0 Å². The largest absolute Gasteiger partial charge is 0.0651 e. The van der Waals surface area contributed by atoms with Gasteiger partial charge in [-0.2, -0.15) is 0 Å². The van der Waals surface area contributed by atoms with E-state index in [0.29, 0.717) is 5.41 Å². The molecule has 19 heavy (non-hydrogen) atoms. The normalized spacial score (nSPS) is 18.9. The molecule has 116 valence electrons. The maximum absolute atomic E-state index is 2.47. The van der Waals surface area contributed by atoms with Crippen LogP contribution in [0.4, 0.5) is 0 Å². The van der Waals surface area contributed by atoms with Crippen molar-refractivity contribution in [2.24, 2.45) is 29.1 Å². The van der Waals surface area contributed by atoms with Crippen LogP contribution in [0.25, 0.3) is 0 Å². The number of hydrogen-bond acceptors (Lipinski definition) is 0. The summed E-state index contributed by atoms with van der Waals surface area (Å²) in [6, 6.07) is 0. The van der Waals surface area contributed by atoms with E-state index in [-0.39, 0.29) is 0 Å². The molecule has 0 heteroatoms. The first-order valence-electron chi connectivity index (χ1n) is 8.74. The van der Waals surface area contributed by atoms with Gasteiger partial charge in [0.2, 0.25) is 0 Å². The molecule has 0 fully saturated rings. The third-order valence-corrected chi connectivity index (χ3v) is 6.00. The Morgan fingerprint density at radius 2 is 1.42 bits per heavy atom. The Labute approximate surface area is 123 Å². The summed E-state index contributed by atoms with van der Waals surface area (Å²) in [7, 11) is 0. The minimum Gasteiger partial charge on any atom is -0.0651 e. The Kier molecular flexibility index (Phi) is 9.03. The van der Waals surface area contributed by atoms with Crippen molar-refractivity contribution < 1.29 is 0 Å². The van der Waals surface area contributed by atoms with Gasteiger partial charge in [-0.3, -0.25) is 0 Å². The Bertz CT molecular complexity index is 216. The van der Waals surface area contributed by atoms with Crippen LogP contribution in [0.2, 0.25) is 0 Å². The highest BCUT2D eigenvalue weighted by Gasteiger charge is 2.26. The van der Waals surface area contributed by atoms with E-state index < -0.39 is 0 Å². The van der Waals surface area contributed by atoms with Crippen molar-refractivity contribution in [3.63, 3.8) is 0 Å². The van der Waals surface area contributed by atoms with Crippen LogP contribution in [0.3, 0.4) is 0 Å². The van der Waals surface area contributed by atoms with Gasteiger partial charge in [0.1, 0.15) is 0 Å². The van der Waals surface area contributed by atoms with Gasteiger partial charge in [0, 0.05) is 0 Å². The molecule has 0 bridgehead atoms. The molecular formula is C19H40. The van der Waals surface area contributed by atoms with Crippen molar-refractivity contribution >= 4 is 0 Å². The Balaban J connectivity index is 4.03. The smallest absolute Gasteiger partial charge is 0.0331 e. The minimum atomic E-state index is 0.505. The van der Waals surface area contributed by atoms with Gasteiger partial charge in [0.05, 0.1) is 0 Å². The summed E-state index contributed by atoms with van der Waals surface area (Å²) in [4.78, 5) is 0. The summed E-state index contributed by atoms with van der Waals surface area (Å²) in [6.45, 7) is 19.3. The molecule has 0 saturated heterocycles. The monoisotopic (exact) mass is 268 g/mol. The fourth-order valence-electron chi connectivity index (χ4n) is 2.73. The SMILES string of the molecule is CCC(C)CCCC(C)C(C)CC(C)C(C)(C)CC. The molecule has 0 aliphatic heterocycles. The van der Waals surface area contributed by atoms with Crippen LogP contribution in [-0.2, 0) is 0 Å². The summed E-state index contributed by atoms with van der Waals surface area (Å²) in [5, 5.41) is 0. The molecule has 4 unspecified atom stereocenters. The van der Waals surface area contributed by atoms with Crippen LogP contribution >= 0.6 is 0 Å². The molecule has 0 radical (unpaired) electrons. The molecule has 4 atom stereocenters. The average molecular weight is 269 g/mol.